The molecule has 0 aliphatic rings. The molecule has 0 rings (SSSR count). The smallest absolute Gasteiger partial charge is 0.331 e. The summed E-state index contributed by atoms with van der Waals surface area (Å²) in [6.07, 6.45) is 2.22. The third-order valence-corrected chi connectivity index (χ3v) is 1.80. The fourth-order valence-electron chi connectivity index (χ4n) is 0.819. The van der Waals surface area contributed by atoms with Crippen LogP contribution in [0.1, 0.15) is 68.2 Å². The van der Waals surface area contributed by atoms with Crippen molar-refractivity contribution in [2.45, 2.75) is 68.2 Å². The maximum atomic E-state index is 10.2. The van der Waals surface area contributed by atoms with Crippen LogP contribution in [0.25, 0.3) is 0 Å². The summed E-state index contributed by atoms with van der Waals surface area (Å²) in [6, 6.07) is 0. The lowest BCUT2D eigenvalue weighted by Crippen LogP contribution is -2.20. The van der Waals surface area contributed by atoms with Gasteiger partial charge in [0.15, 0.2) is 6.61 Å². The number of rotatable bonds is 9. The van der Waals surface area contributed by atoms with Crippen molar-refractivity contribution >= 4 is 38.0 Å². The Bertz CT molecular complexity index is 407. The lowest BCUT2D eigenvalue weighted by atomic mass is 10.3. The first-order chi connectivity index (χ1) is 14.7. The lowest BCUT2D eigenvalue weighted by molar-refractivity contribution is -0.142. The minimum atomic E-state index is -0.440. The van der Waals surface area contributed by atoms with Crippen LogP contribution in [0.4, 0.5) is 0 Å². The van der Waals surface area contributed by atoms with E-state index < -0.39 is 5.97 Å². The zero-order chi connectivity index (χ0) is 25.9. The molecule has 186 valence electrons. The highest BCUT2D eigenvalue weighted by molar-refractivity contribution is 5.72. The molecule has 0 aliphatic carbocycles. The van der Waals surface area contributed by atoms with Gasteiger partial charge in [-0.15, -0.1) is 10.3 Å². The quantitative estimate of drug-likeness (QED) is 0.185. The Kier molecular flexibility index (Phi) is 68.8. The number of oxime groups is 3. The maximum Gasteiger partial charge on any atom is 0.331 e. The largest absolute Gasteiger partial charge is 0.462 e. The van der Waals surface area contributed by atoms with Crippen molar-refractivity contribution in [3.05, 3.63) is 0 Å². The van der Waals surface area contributed by atoms with Gasteiger partial charge >= 0.3 is 11.9 Å². The Morgan fingerprint density at radius 1 is 0.839 bits per heavy atom. The number of hydrogen-bond donors (Lipinski definition) is 1. The predicted octanol–water partition coefficient (Wildman–Crippen LogP) is 3.57. The van der Waals surface area contributed by atoms with Gasteiger partial charge in [0.2, 0.25) is 5.91 Å². The third-order valence-electron chi connectivity index (χ3n) is 1.80. The van der Waals surface area contributed by atoms with Gasteiger partial charge in [-0.25, -0.2) is 4.79 Å². The molecule has 0 heterocycles. The number of nitrogens with one attached hydrogen (secondary N) is 1. The van der Waals surface area contributed by atoms with E-state index in [1.54, 1.807) is 0 Å². The van der Waals surface area contributed by atoms with Gasteiger partial charge in [-0.05, 0) is 6.42 Å². The van der Waals surface area contributed by atoms with E-state index in [1.165, 1.54) is 27.9 Å². The third kappa shape index (κ3) is 117. The van der Waals surface area contributed by atoms with Crippen LogP contribution in [-0.2, 0) is 33.6 Å². The predicted molar refractivity (Wildman–Crippen MR) is 126 cm³/mol. The molecule has 0 aromatic carbocycles. The lowest BCUT2D eigenvalue weighted by Gasteiger charge is -1.97. The standard InChI is InChI=1S/C6H13NO.C5H9NO3.C3H5NO2.C2H5NO.2C2H6/c1-3-4-5-7-6(2)8;1-5(7)8-3-4-9-6-2;1-3(5)6-4-2;1-3-4-2;2*1-2/h3-5H2,1-2H3,(H,7,8);2-4H2,1H3;2H2,1H3;1H2,2H3;2*1-2H3. The maximum absolute atomic E-state index is 10.2. The van der Waals surface area contributed by atoms with Gasteiger partial charge in [-0.1, -0.05) is 46.2 Å². The van der Waals surface area contributed by atoms with Crippen molar-refractivity contribution in [3.63, 3.8) is 0 Å². The Hall–Kier alpha value is -2.98. The Balaban J connectivity index is -0.0000000655. The Morgan fingerprint density at radius 3 is 1.55 bits per heavy atom. The van der Waals surface area contributed by atoms with E-state index in [4.69, 9.17) is 0 Å². The first-order valence-electron chi connectivity index (χ1n) is 9.81. The van der Waals surface area contributed by atoms with Gasteiger partial charge in [0.05, 0.1) is 0 Å². The van der Waals surface area contributed by atoms with Crippen molar-refractivity contribution in [1.82, 2.24) is 5.32 Å². The molecular formula is C20H44N4O7. The average Bonchev–Trinajstić information content (AvgIpc) is 2.75. The second kappa shape index (κ2) is 50.6. The number of esters is 1. The molecule has 0 saturated carbocycles. The molecule has 0 unspecified atom stereocenters. The van der Waals surface area contributed by atoms with Gasteiger partial charge in [0.25, 0.3) is 0 Å². The SMILES string of the molecule is C=NOC.C=NOC(C)=O.C=NOCCOC(C)=O.CC.CC.CCCCNC(C)=O. The number of hydrogen-bond acceptors (Lipinski definition) is 10. The molecule has 0 aromatic heterocycles. The molecule has 1 amide bonds. The number of unbranched alkanes of at least 4 members (excludes halogenated alkanes) is 1. The van der Waals surface area contributed by atoms with Gasteiger partial charge in [-0.2, -0.15) is 0 Å². The zero-order valence-electron chi connectivity index (χ0n) is 20.9. The first-order valence-corrected chi connectivity index (χ1v) is 9.81. The zero-order valence-corrected chi connectivity index (χ0v) is 20.9. The van der Waals surface area contributed by atoms with Gasteiger partial charge in [-0.3, -0.25) is 9.59 Å². The highest BCUT2D eigenvalue weighted by atomic mass is 16.7. The molecule has 0 fully saturated rings. The normalized spacial score (nSPS) is 7.00. The summed E-state index contributed by atoms with van der Waals surface area (Å²) in [6.45, 7) is 24.5. The number of carbonyl (C=O) groups excluding carboxylic acids is 3. The topological polar surface area (TPSA) is 137 Å². The van der Waals surface area contributed by atoms with Crippen molar-refractivity contribution < 1.29 is 33.6 Å². The second-order valence-corrected chi connectivity index (χ2v) is 4.16. The molecule has 1 N–H and O–H groups in total. The molecule has 11 nitrogen and oxygen atoms in total. The molecular weight excluding hydrogens is 408 g/mol. The Labute approximate surface area is 188 Å². The van der Waals surface area contributed by atoms with Crippen LogP contribution < -0.4 is 5.32 Å². The molecule has 31 heavy (non-hydrogen) atoms. The highest BCUT2D eigenvalue weighted by Gasteiger charge is 1.89. The summed E-state index contributed by atoms with van der Waals surface area (Å²) in [5, 5.41) is 11.6. The minimum Gasteiger partial charge on any atom is -0.462 e. The van der Waals surface area contributed by atoms with Crippen LogP contribution in [0.5, 0.6) is 0 Å². The monoisotopic (exact) mass is 452 g/mol. The van der Waals surface area contributed by atoms with E-state index in [0.717, 1.165) is 19.4 Å². The summed E-state index contributed by atoms with van der Waals surface area (Å²) in [4.78, 5) is 42.4. The van der Waals surface area contributed by atoms with E-state index in [1.807, 2.05) is 27.7 Å². The fourth-order valence-corrected chi connectivity index (χ4v) is 0.819. The van der Waals surface area contributed by atoms with Crippen molar-refractivity contribution in [1.29, 1.82) is 0 Å². The van der Waals surface area contributed by atoms with Crippen LogP contribution in [0.3, 0.4) is 0 Å². The van der Waals surface area contributed by atoms with Crippen molar-refractivity contribution in [2.24, 2.45) is 15.5 Å². The van der Waals surface area contributed by atoms with Crippen LogP contribution in [0.2, 0.25) is 0 Å². The van der Waals surface area contributed by atoms with Crippen LogP contribution in [0, 0.1) is 0 Å². The minimum absolute atomic E-state index is 0.0680. The molecule has 0 aromatic rings. The molecule has 0 saturated heterocycles. The van der Waals surface area contributed by atoms with E-state index in [2.05, 4.69) is 67.1 Å². The number of carbonyl (C=O) groups is 3. The van der Waals surface area contributed by atoms with Gasteiger partial charge in [0, 0.05) is 47.5 Å². The summed E-state index contributed by atoms with van der Waals surface area (Å²) in [5.41, 5.74) is 0. The van der Waals surface area contributed by atoms with Crippen LogP contribution in [-0.4, -0.2) is 64.9 Å². The number of ether oxygens (including phenoxy) is 1. The van der Waals surface area contributed by atoms with E-state index >= 15 is 0 Å². The molecule has 0 spiro atoms. The molecule has 11 heteroatoms. The summed E-state index contributed by atoms with van der Waals surface area (Å²) < 4.78 is 4.49. The summed E-state index contributed by atoms with van der Waals surface area (Å²) in [7, 11) is 1.45. The van der Waals surface area contributed by atoms with E-state index in [9.17, 15) is 14.4 Å². The van der Waals surface area contributed by atoms with Crippen molar-refractivity contribution in [2.75, 3.05) is 26.9 Å². The summed E-state index contributed by atoms with van der Waals surface area (Å²) in [5.74, 6) is -0.689. The summed E-state index contributed by atoms with van der Waals surface area (Å²) >= 11 is 0. The molecule has 0 bridgehead atoms. The number of nitrogens with zero attached hydrogens (tertiary/aromatic N) is 3. The number of amides is 1. The Morgan fingerprint density at radius 2 is 1.32 bits per heavy atom. The van der Waals surface area contributed by atoms with Crippen LogP contribution >= 0.6 is 0 Å². The van der Waals surface area contributed by atoms with E-state index in [-0.39, 0.29) is 25.1 Å². The first kappa shape index (κ1) is 42.2. The van der Waals surface area contributed by atoms with E-state index in [0.29, 0.717) is 0 Å². The molecule has 0 aliphatic heterocycles. The molecule has 0 atom stereocenters. The second-order valence-electron chi connectivity index (χ2n) is 4.16. The molecule has 0 radical (unpaired) electrons. The highest BCUT2D eigenvalue weighted by Crippen LogP contribution is 1.81. The van der Waals surface area contributed by atoms with Crippen LogP contribution in [0.15, 0.2) is 15.5 Å². The van der Waals surface area contributed by atoms with Gasteiger partial charge < -0.3 is 24.6 Å². The van der Waals surface area contributed by atoms with Crippen molar-refractivity contribution in [3.8, 4) is 0 Å². The van der Waals surface area contributed by atoms with Gasteiger partial charge in [0.1, 0.15) is 13.7 Å². The average molecular weight is 453 g/mol. The fraction of sp³-hybridized carbons (Fsp3) is 0.700.